The van der Waals surface area contributed by atoms with E-state index in [0.29, 0.717) is 12.8 Å². The van der Waals surface area contributed by atoms with Crippen LogP contribution >= 0.6 is 12.4 Å². The van der Waals surface area contributed by atoms with Crippen molar-refractivity contribution < 1.29 is 23.4 Å². The van der Waals surface area contributed by atoms with Gasteiger partial charge in [0.15, 0.2) is 11.6 Å². The lowest BCUT2D eigenvalue weighted by molar-refractivity contribution is 0.0695. The van der Waals surface area contributed by atoms with Gasteiger partial charge in [-0.25, -0.2) is 13.6 Å². The quantitative estimate of drug-likeness (QED) is 0.627. The maximum atomic E-state index is 15.6. The van der Waals surface area contributed by atoms with Gasteiger partial charge in [0.05, 0.1) is 28.7 Å². The summed E-state index contributed by atoms with van der Waals surface area (Å²) < 4.78 is 37.3. The number of ether oxygens (including phenoxy) is 1. The number of carboxylic acid groups (broad SMARTS) is 1. The third-order valence-corrected chi connectivity index (χ3v) is 5.46. The number of nitrogens with two attached hydrogens (primary N) is 2. The van der Waals surface area contributed by atoms with E-state index in [-0.39, 0.29) is 42.7 Å². The number of fused-ring (bicyclic) bond motifs is 1. The van der Waals surface area contributed by atoms with E-state index in [0.717, 1.165) is 6.20 Å². The number of nitrogens with zero attached hydrogens (tertiary/aromatic N) is 2. The molecule has 2 aliphatic rings. The second kappa shape index (κ2) is 7.43. The Bertz CT molecular complexity index is 1060. The number of nitrogen functional groups attached to an aromatic ring is 1. The van der Waals surface area contributed by atoms with Crippen LogP contribution in [-0.4, -0.2) is 48.0 Å². The van der Waals surface area contributed by atoms with E-state index in [4.69, 9.17) is 16.2 Å². The van der Waals surface area contributed by atoms with Crippen molar-refractivity contribution in [3.8, 4) is 0 Å². The van der Waals surface area contributed by atoms with Crippen molar-refractivity contribution in [3.63, 3.8) is 0 Å². The smallest absolute Gasteiger partial charge is 0.341 e. The van der Waals surface area contributed by atoms with Gasteiger partial charge in [-0.05, 0) is 12.8 Å². The molecule has 11 heteroatoms. The molecule has 5 N–H and O–H groups in total. The zero-order valence-corrected chi connectivity index (χ0v) is 16.3. The Balaban J connectivity index is 0.00000240. The topological polar surface area (TPSA) is 124 Å². The van der Waals surface area contributed by atoms with Gasteiger partial charge in [0.25, 0.3) is 0 Å². The molecule has 0 bridgehead atoms. The van der Waals surface area contributed by atoms with E-state index in [1.165, 1.54) is 16.6 Å². The van der Waals surface area contributed by atoms with Gasteiger partial charge in [-0.1, -0.05) is 0 Å². The number of benzene rings is 1. The normalized spacial score (nSPS) is 21.4. The van der Waals surface area contributed by atoms with E-state index >= 15 is 8.78 Å². The van der Waals surface area contributed by atoms with Crippen molar-refractivity contribution in [1.82, 2.24) is 4.57 Å². The molecular formula is C18H21ClF2N4O4. The number of hydrogen-bond donors (Lipinski definition) is 3. The van der Waals surface area contributed by atoms with E-state index < -0.39 is 51.8 Å². The first-order valence-corrected chi connectivity index (χ1v) is 8.88. The molecular weight excluding hydrogens is 410 g/mol. The molecule has 1 aliphatic heterocycles. The fraction of sp³-hybridized carbons (Fsp3) is 0.444. The molecule has 0 spiro atoms. The van der Waals surface area contributed by atoms with Crippen LogP contribution in [0.1, 0.15) is 29.2 Å². The number of aromatic nitrogens is 1. The number of carbonyl (C=O) groups is 1. The molecule has 0 amide bonds. The number of anilines is 2. The van der Waals surface area contributed by atoms with Gasteiger partial charge < -0.3 is 30.8 Å². The maximum Gasteiger partial charge on any atom is 0.341 e. The number of methoxy groups -OCH3 is 1. The summed E-state index contributed by atoms with van der Waals surface area (Å²) in [5.41, 5.74) is 9.15. The molecule has 0 radical (unpaired) electrons. The summed E-state index contributed by atoms with van der Waals surface area (Å²) in [7, 11) is 1.47. The molecule has 1 aromatic heterocycles. The van der Waals surface area contributed by atoms with Crippen LogP contribution in [0, 0.1) is 11.6 Å². The summed E-state index contributed by atoms with van der Waals surface area (Å²) in [5.74, 6) is -3.53. The van der Waals surface area contributed by atoms with Crippen LogP contribution in [-0.2, 0) is 4.74 Å². The lowest BCUT2D eigenvalue weighted by Crippen LogP contribution is -2.34. The van der Waals surface area contributed by atoms with Crippen molar-refractivity contribution in [3.05, 3.63) is 33.6 Å². The second-order valence-electron chi connectivity index (χ2n) is 7.27. The molecule has 2 aromatic rings. The SMILES string of the molecule is CO[C@@H]1CN(c2c(F)c(N)c3c(=O)c(C(=O)O)cn(C4CC4)c3c2F)C[C@@H]1N.Cl. The number of aromatic carboxylic acids is 1. The largest absolute Gasteiger partial charge is 0.477 e. The van der Waals surface area contributed by atoms with Gasteiger partial charge >= 0.3 is 5.97 Å². The Labute approximate surface area is 170 Å². The van der Waals surface area contributed by atoms with E-state index in [1.807, 2.05) is 0 Å². The highest BCUT2D eigenvalue weighted by Crippen LogP contribution is 2.42. The zero-order chi connectivity index (χ0) is 20.3. The molecule has 1 aliphatic carbocycles. The highest BCUT2D eigenvalue weighted by atomic mass is 35.5. The molecule has 2 fully saturated rings. The minimum absolute atomic E-state index is 0. The molecule has 1 saturated carbocycles. The first kappa shape index (κ1) is 21.3. The maximum absolute atomic E-state index is 15.6. The van der Waals surface area contributed by atoms with E-state index in [9.17, 15) is 14.7 Å². The number of hydrogen-bond acceptors (Lipinski definition) is 6. The minimum atomic E-state index is -1.47. The van der Waals surface area contributed by atoms with Gasteiger partial charge in [-0.3, -0.25) is 4.79 Å². The zero-order valence-electron chi connectivity index (χ0n) is 15.5. The van der Waals surface area contributed by atoms with Gasteiger partial charge in [-0.2, -0.15) is 0 Å². The minimum Gasteiger partial charge on any atom is -0.477 e. The average molecular weight is 431 g/mol. The van der Waals surface area contributed by atoms with Crippen LogP contribution in [0.25, 0.3) is 10.9 Å². The Morgan fingerprint density at radius 3 is 2.45 bits per heavy atom. The van der Waals surface area contributed by atoms with Crippen LogP contribution in [0.3, 0.4) is 0 Å². The summed E-state index contributed by atoms with van der Waals surface area (Å²) in [4.78, 5) is 25.5. The average Bonchev–Trinajstić information content (AvgIpc) is 3.42. The fourth-order valence-electron chi connectivity index (χ4n) is 3.85. The van der Waals surface area contributed by atoms with Crippen molar-refractivity contribution in [1.29, 1.82) is 0 Å². The van der Waals surface area contributed by atoms with Crippen molar-refractivity contribution >= 4 is 40.7 Å². The highest BCUT2D eigenvalue weighted by molar-refractivity contribution is 5.99. The molecule has 158 valence electrons. The predicted octanol–water partition coefficient (Wildman–Crippen LogP) is 1.48. The van der Waals surface area contributed by atoms with Gasteiger partial charge in [0.1, 0.15) is 11.3 Å². The Kier molecular flexibility index (Phi) is 5.46. The third-order valence-electron chi connectivity index (χ3n) is 5.46. The highest BCUT2D eigenvalue weighted by Gasteiger charge is 2.37. The summed E-state index contributed by atoms with van der Waals surface area (Å²) in [6.45, 7) is 0.315. The van der Waals surface area contributed by atoms with Gasteiger partial charge in [0.2, 0.25) is 5.43 Å². The summed E-state index contributed by atoms with van der Waals surface area (Å²) >= 11 is 0. The molecule has 2 heterocycles. The van der Waals surface area contributed by atoms with Crippen LogP contribution in [0.2, 0.25) is 0 Å². The lowest BCUT2D eigenvalue weighted by Gasteiger charge is -2.23. The summed E-state index contributed by atoms with van der Waals surface area (Å²) in [5, 5.41) is 8.87. The third kappa shape index (κ3) is 3.21. The fourth-order valence-corrected chi connectivity index (χ4v) is 3.85. The lowest BCUT2D eigenvalue weighted by atomic mass is 10.1. The van der Waals surface area contributed by atoms with Crippen LogP contribution < -0.4 is 21.8 Å². The standard InChI is InChI=1S/C18H20F2N4O4.ClH/c1-28-10-6-23(5-9(10)21)16-12(19)14(22)11-15(13(16)20)24(7-2-3-7)4-8(17(11)25)18(26)27;/h4,7,9-10H,2-3,5-6,21-22H2,1H3,(H,26,27);1H/t9-,10+;/m0./s1. The van der Waals surface area contributed by atoms with Crippen LogP contribution in [0.5, 0.6) is 0 Å². The molecule has 4 rings (SSSR count). The summed E-state index contributed by atoms with van der Waals surface area (Å²) in [6.07, 6.45) is 2.10. The molecule has 1 aromatic carbocycles. The van der Waals surface area contributed by atoms with Crippen LogP contribution in [0.4, 0.5) is 20.2 Å². The number of pyridine rings is 1. The molecule has 2 atom stereocenters. The Morgan fingerprint density at radius 1 is 1.28 bits per heavy atom. The predicted molar refractivity (Wildman–Crippen MR) is 106 cm³/mol. The molecule has 1 saturated heterocycles. The number of carboxylic acids is 1. The van der Waals surface area contributed by atoms with Crippen molar-refractivity contribution in [2.45, 2.75) is 31.0 Å². The number of halogens is 3. The first-order chi connectivity index (χ1) is 13.3. The molecule has 8 nitrogen and oxygen atoms in total. The Hall–Kier alpha value is -2.43. The monoisotopic (exact) mass is 430 g/mol. The van der Waals surface area contributed by atoms with E-state index in [1.54, 1.807) is 0 Å². The second-order valence-corrected chi connectivity index (χ2v) is 7.27. The van der Waals surface area contributed by atoms with Crippen molar-refractivity contribution in [2.24, 2.45) is 5.73 Å². The van der Waals surface area contributed by atoms with Crippen LogP contribution in [0.15, 0.2) is 11.0 Å². The Morgan fingerprint density at radius 2 is 1.93 bits per heavy atom. The van der Waals surface area contributed by atoms with Crippen molar-refractivity contribution in [2.75, 3.05) is 30.8 Å². The molecule has 29 heavy (non-hydrogen) atoms. The first-order valence-electron chi connectivity index (χ1n) is 8.88. The van der Waals surface area contributed by atoms with E-state index in [2.05, 4.69) is 0 Å². The van der Waals surface area contributed by atoms with Gasteiger partial charge in [0, 0.05) is 32.4 Å². The van der Waals surface area contributed by atoms with Gasteiger partial charge in [-0.15, -0.1) is 12.4 Å². The molecule has 0 unspecified atom stereocenters. The summed E-state index contributed by atoms with van der Waals surface area (Å²) in [6, 6.07) is -0.610. The number of rotatable bonds is 4.